The molecule has 0 fully saturated rings. The zero-order valence-electron chi connectivity index (χ0n) is 7.61. The van der Waals surface area contributed by atoms with Crippen LogP contribution in [0.1, 0.15) is 0 Å². The number of benzene rings is 1. The molecule has 1 aliphatic heterocycles. The summed E-state index contributed by atoms with van der Waals surface area (Å²) in [4.78, 5) is 3.87. The van der Waals surface area contributed by atoms with Crippen LogP contribution in [0.3, 0.4) is 0 Å². The van der Waals surface area contributed by atoms with Crippen LogP contribution < -0.4 is 0 Å². The fourth-order valence-corrected chi connectivity index (χ4v) is 5.37. The minimum atomic E-state index is -4.08. The number of sulfonamides is 2. The van der Waals surface area contributed by atoms with Crippen molar-refractivity contribution in [3.05, 3.63) is 24.3 Å². The Morgan fingerprint density at radius 3 is 1.73 bits per heavy atom. The van der Waals surface area contributed by atoms with Crippen LogP contribution in [-0.4, -0.2) is 27.8 Å². The molecule has 1 aromatic rings. The van der Waals surface area contributed by atoms with Gasteiger partial charge >= 0.3 is 0 Å². The first-order valence-electron chi connectivity index (χ1n) is 3.86. The summed E-state index contributed by atoms with van der Waals surface area (Å²) < 4.78 is 46.6. The zero-order chi connectivity index (χ0) is 11.3. The minimum Gasteiger partial charge on any atom is -0.273 e. The van der Waals surface area contributed by atoms with Crippen molar-refractivity contribution in [1.82, 2.24) is 3.87 Å². The van der Waals surface area contributed by atoms with Crippen LogP contribution in [0.5, 0.6) is 0 Å². The molecule has 0 aromatic heterocycles. The van der Waals surface area contributed by atoms with Gasteiger partial charge in [-0.2, -0.15) is 0 Å². The highest BCUT2D eigenvalue weighted by Gasteiger charge is 2.47. The first kappa shape index (κ1) is 10.6. The Bertz CT molecular complexity index is 551. The lowest BCUT2D eigenvalue weighted by atomic mass is 10.4. The van der Waals surface area contributed by atoms with Crippen molar-refractivity contribution in [1.29, 1.82) is 0 Å². The first-order valence-corrected chi connectivity index (χ1v) is 6.74. The molecule has 0 amide bonds. The van der Waals surface area contributed by atoms with Crippen LogP contribution in [0.15, 0.2) is 34.1 Å². The highest BCUT2D eigenvalue weighted by atomic mass is 32.3. The molecular weight excluding hydrogens is 242 g/mol. The van der Waals surface area contributed by atoms with E-state index >= 15 is 0 Å². The van der Waals surface area contributed by atoms with E-state index in [1.807, 2.05) is 0 Å². The predicted octanol–water partition coefficient (Wildman–Crippen LogP) is -0.0590. The Hall–Kier alpha value is -0.960. The van der Waals surface area contributed by atoms with Gasteiger partial charge in [0, 0.05) is 3.87 Å². The molecular formula is C7H7NO5S2. The van der Waals surface area contributed by atoms with Crippen LogP contribution in [-0.2, 0) is 24.9 Å². The summed E-state index contributed by atoms with van der Waals surface area (Å²) in [5.74, 6) is 0. The van der Waals surface area contributed by atoms with Crippen molar-refractivity contribution < 1.29 is 21.7 Å². The Balaban J connectivity index is 2.90. The van der Waals surface area contributed by atoms with Crippen LogP contribution in [0.4, 0.5) is 0 Å². The quantitative estimate of drug-likeness (QED) is 0.696. The third kappa shape index (κ3) is 1.22. The van der Waals surface area contributed by atoms with Gasteiger partial charge in [0.15, 0.2) is 0 Å². The van der Waals surface area contributed by atoms with Gasteiger partial charge in [0.25, 0.3) is 20.0 Å². The standard InChI is InChI=1S/C7H7NO5S2/c1-13-8-14(9,10)6-4-2-3-5-7(6)15(8,11)12/h2-5H,1H3. The van der Waals surface area contributed by atoms with Crippen molar-refractivity contribution in [2.24, 2.45) is 0 Å². The van der Waals surface area contributed by atoms with Gasteiger partial charge in [0.2, 0.25) is 0 Å². The normalized spacial score (nSPS) is 22.5. The van der Waals surface area contributed by atoms with Crippen LogP contribution >= 0.6 is 0 Å². The molecule has 1 heterocycles. The summed E-state index contributed by atoms with van der Waals surface area (Å²) in [6.45, 7) is 0. The maximum absolute atomic E-state index is 11.7. The van der Waals surface area contributed by atoms with Gasteiger partial charge < -0.3 is 0 Å². The molecule has 1 aliphatic rings. The van der Waals surface area contributed by atoms with Crippen LogP contribution in [0.2, 0.25) is 0 Å². The molecule has 15 heavy (non-hydrogen) atoms. The van der Waals surface area contributed by atoms with E-state index in [1.54, 1.807) is 0 Å². The van der Waals surface area contributed by atoms with E-state index in [2.05, 4.69) is 4.84 Å². The van der Waals surface area contributed by atoms with Crippen molar-refractivity contribution in [2.75, 3.05) is 7.11 Å². The number of fused-ring (bicyclic) bond motifs is 1. The van der Waals surface area contributed by atoms with E-state index in [4.69, 9.17) is 0 Å². The number of hydrogen-bond acceptors (Lipinski definition) is 5. The molecule has 0 unspecified atom stereocenters. The Morgan fingerprint density at radius 1 is 1.00 bits per heavy atom. The van der Waals surface area contributed by atoms with Crippen LogP contribution in [0.25, 0.3) is 0 Å². The van der Waals surface area contributed by atoms with E-state index in [9.17, 15) is 16.8 Å². The fourth-order valence-electron chi connectivity index (χ4n) is 1.36. The van der Waals surface area contributed by atoms with E-state index in [0.717, 1.165) is 7.11 Å². The molecule has 0 saturated carbocycles. The highest BCUT2D eigenvalue weighted by molar-refractivity contribution is 8.06. The summed E-state index contributed by atoms with van der Waals surface area (Å²) in [5, 5.41) is 0. The summed E-state index contributed by atoms with van der Waals surface area (Å²) in [6.07, 6.45) is 0. The van der Waals surface area contributed by atoms with Crippen molar-refractivity contribution in [3.63, 3.8) is 0 Å². The molecule has 82 valence electrons. The second-order valence-electron chi connectivity index (χ2n) is 2.80. The second kappa shape index (κ2) is 3.01. The summed E-state index contributed by atoms with van der Waals surface area (Å²) in [7, 11) is -7.17. The van der Waals surface area contributed by atoms with Crippen LogP contribution in [0, 0.1) is 0 Å². The van der Waals surface area contributed by atoms with Crippen molar-refractivity contribution in [3.8, 4) is 0 Å². The fraction of sp³-hybridized carbons (Fsp3) is 0.143. The van der Waals surface area contributed by atoms with Gasteiger partial charge in [-0.05, 0) is 12.1 Å². The molecule has 0 atom stereocenters. The smallest absolute Gasteiger partial charge is 0.273 e. The van der Waals surface area contributed by atoms with Gasteiger partial charge in [-0.1, -0.05) is 12.1 Å². The SMILES string of the molecule is CON1S(=O)(=O)c2ccccc2S1(=O)=O. The average Bonchev–Trinajstić information content (AvgIpc) is 2.32. The predicted molar refractivity (Wildman–Crippen MR) is 49.7 cm³/mol. The lowest BCUT2D eigenvalue weighted by Crippen LogP contribution is -2.28. The molecule has 0 spiro atoms. The molecule has 6 nitrogen and oxygen atoms in total. The maximum Gasteiger partial charge on any atom is 0.280 e. The van der Waals surface area contributed by atoms with Crippen molar-refractivity contribution >= 4 is 20.0 Å². The molecule has 8 heteroatoms. The number of hydrogen-bond donors (Lipinski definition) is 0. The monoisotopic (exact) mass is 249 g/mol. The molecule has 2 rings (SSSR count). The minimum absolute atomic E-state index is 0.0185. The Kier molecular flexibility index (Phi) is 2.12. The average molecular weight is 249 g/mol. The van der Waals surface area contributed by atoms with Gasteiger partial charge in [-0.15, -0.1) is 0 Å². The number of rotatable bonds is 1. The van der Waals surface area contributed by atoms with E-state index in [1.165, 1.54) is 24.3 Å². The van der Waals surface area contributed by atoms with Gasteiger partial charge in [0.1, 0.15) is 9.79 Å². The van der Waals surface area contributed by atoms with E-state index < -0.39 is 20.0 Å². The van der Waals surface area contributed by atoms with Gasteiger partial charge in [-0.25, -0.2) is 16.8 Å². The largest absolute Gasteiger partial charge is 0.280 e. The summed E-state index contributed by atoms with van der Waals surface area (Å²) in [6, 6.07) is 5.35. The Morgan fingerprint density at radius 2 is 1.40 bits per heavy atom. The Labute approximate surface area is 87.1 Å². The lowest BCUT2D eigenvalue weighted by Gasteiger charge is -2.08. The van der Waals surface area contributed by atoms with E-state index in [0.29, 0.717) is 0 Å². The topological polar surface area (TPSA) is 80.8 Å². The molecule has 0 saturated heterocycles. The number of nitrogens with zero attached hydrogens (tertiary/aromatic N) is 1. The molecule has 0 N–H and O–H groups in total. The summed E-state index contributed by atoms with van der Waals surface area (Å²) >= 11 is 0. The van der Waals surface area contributed by atoms with E-state index in [-0.39, 0.29) is 13.7 Å². The molecule has 0 radical (unpaired) electrons. The van der Waals surface area contributed by atoms with Crippen molar-refractivity contribution in [2.45, 2.75) is 9.79 Å². The van der Waals surface area contributed by atoms with Gasteiger partial charge in [0.05, 0.1) is 7.11 Å². The molecule has 0 bridgehead atoms. The maximum atomic E-state index is 11.7. The third-order valence-electron chi connectivity index (χ3n) is 1.95. The lowest BCUT2D eigenvalue weighted by molar-refractivity contribution is 0.0315. The molecule has 0 aliphatic carbocycles. The summed E-state index contributed by atoms with van der Waals surface area (Å²) in [5.41, 5.74) is 0. The van der Waals surface area contributed by atoms with Gasteiger partial charge in [-0.3, -0.25) is 4.84 Å². The first-order chi connectivity index (χ1) is 6.92. The third-order valence-corrected chi connectivity index (χ3v) is 6.16. The highest BCUT2D eigenvalue weighted by Crippen LogP contribution is 2.35. The molecule has 1 aromatic carbocycles. The zero-order valence-corrected chi connectivity index (χ0v) is 9.25. The second-order valence-corrected chi connectivity index (χ2v) is 6.48.